The summed E-state index contributed by atoms with van der Waals surface area (Å²) >= 11 is 0. The SMILES string of the molecule is O=C(O)c1ccc(C(=O)O)cc1.O=C(O)c1ccc(C(=O)O)cc1.O=C(O)c1ccc(C(=O)O)cc1.[Cr].[Cr]. The third-order valence-electron chi connectivity index (χ3n) is 4.14. The van der Waals surface area contributed by atoms with Crippen LogP contribution < -0.4 is 0 Å². The van der Waals surface area contributed by atoms with Crippen molar-refractivity contribution in [3.8, 4) is 0 Å². The monoisotopic (exact) mass is 602 g/mol. The predicted molar refractivity (Wildman–Crippen MR) is 121 cm³/mol. The summed E-state index contributed by atoms with van der Waals surface area (Å²) in [4.78, 5) is 62.0. The molecule has 0 atom stereocenters. The van der Waals surface area contributed by atoms with Gasteiger partial charge < -0.3 is 30.6 Å². The first-order chi connectivity index (χ1) is 16.8. The van der Waals surface area contributed by atoms with Gasteiger partial charge in [0.25, 0.3) is 0 Å². The fourth-order valence-electron chi connectivity index (χ4n) is 2.27. The Kier molecular flexibility index (Phi) is 16.0. The Hall–Kier alpha value is -4.46. The summed E-state index contributed by atoms with van der Waals surface area (Å²) in [6, 6.07) is 15.1. The van der Waals surface area contributed by atoms with E-state index in [9.17, 15) is 28.8 Å². The Morgan fingerprint density at radius 3 is 0.421 bits per heavy atom. The summed E-state index contributed by atoms with van der Waals surface area (Å²) in [5.74, 6) is -6.38. The molecule has 0 amide bonds. The first kappa shape index (κ1) is 35.7. The molecule has 0 unspecified atom stereocenters. The van der Waals surface area contributed by atoms with Gasteiger partial charge in [0.1, 0.15) is 0 Å². The van der Waals surface area contributed by atoms with E-state index in [4.69, 9.17) is 30.6 Å². The largest absolute Gasteiger partial charge is 0.478 e. The molecule has 0 saturated carbocycles. The second-order valence-electron chi connectivity index (χ2n) is 6.56. The minimum absolute atomic E-state index is 0. The van der Waals surface area contributed by atoms with Crippen LogP contribution in [0.15, 0.2) is 72.8 Å². The van der Waals surface area contributed by atoms with Gasteiger partial charge in [0, 0.05) is 34.7 Å². The number of benzene rings is 3. The molecule has 38 heavy (non-hydrogen) atoms. The first-order valence-electron chi connectivity index (χ1n) is 9.53. The average molecular weight is 602 g/mol. The van der Waals surface area contributed by atoms with Crippen LogP contribution in [0.2, 0.25) is 0 Å². The molecule has 198 valence electrons. The molecular weight excluding hydrogens is 584 g/mol. The number of carbonyl (C=O) groups is 6. The van der Waals surface area contributed by atoms with Crippen molar-refractivity contribution in [2.75, 3.05) is 0 Å². The van der Waals surface area contributed by atoms with E-state index in [-0.39, 0.29) is 68.1 Å². The van der Waals surface area contributed by atoms with E-state index < -0.39 is 35.8 Å². The second kappa shape index (κ2) is 17.1. The molecule has 0 aromatic heterocycles. The zero-order chi connectivity index (χ0) is 27.4. The summed E-state index contributed by atoms with van der Waals surface area (Å²) in [5.41, 5.74) is 0.500. The van der Waals surface area contributed by atoms with Crippen molar-refractivity contribution in [1.82, 2.24) is 0 Å². The number of carboxylic acid groups (broad SMARTS) is 6. The van der Waals surface area contributed by atoms with Crippen LogP contribution in [0.3, 0.4) is 0 Å². The standard InChI is InChI=1S/3C8H6O4.2Cr/c3*9-7(10)5-1-2-6(4-3-5)8(11)12;;/h3*1-4H,(H,9,10)(H,11,12);;. The van der Waals surface area contributed by atoms with Crippen molar-refractivity contribution in [2.45, 2.75) is 0 Å². The number of hydrogen-bond acceptors (Lipinski definition) is 6. The van der Waals surface area contributed by atoms with Crippen LogP contribution in [0.5, 0.6) is 0 Å². The van der Waals surface area contributed by atoms with E-state index >= 15 is 0 Å². The maximum Gasteiger partial charge on any atom is 0.335 e. The van der Waals surface area contributed by atoms with Gasteiger partial charge >= 0.3 is 35.8 Å². The van der Waals surface area contributed by atoms with Gasteiger partial charge in [-0.3, -0.25) is 0 Å². The van der Waals surface area contributed by atoms with Gasteiger partial charge in [0.2, 0.25) is 0 Å². The van der Waals surface area contributed by atoms with Crippen molar-refractivity contribution < 1.29 is 94.1 Å². The number of rotatable bonds is 6. The van der Waals surface area contributed by atoms with E-state index in [2.05, 4.69) is 0 Å². The Bertz CT molecular complexity index is 1010. The van der Waals surface area contributed by atoms with Crippen LogP contribution in [-0.2, 0) is 34.7 Å². The third-order valence-corrected chi connectivity index (χ3v) is 4.14. The van der Waals surface area contributed by atoms with Gasteiger partial charge in [-0.15, -0.1) is 0 Å². The van der Waals surface area contributed by atoms with Crippen molar-refractivity contribution in [1.29, 1.82) is 0 Å². The summed E-state index contributed by atoms with van der Waals surface area (Å²) in [5, 5.41) is 50.8. The molecule has 14 heteroatoms. The van der Waals surface area contributed by atoms with Gasteiger partial charge in [-0.1, -0.05) is 0 Å². The van der Waals surface area contributed by atoms with E-state index in [0.29, 0.717) is 0 Å². The van der Waals surface area contributed by atoms with E-state index in [0.717, 1.165) is 0 Å². The molecule has 0 bridgehead atoms. The average Bonchev–Trinajstić information content (AvgIpc) is 2.84. The Morgan fingerprint density at radius 2 is 0.368 bits per heavy atom. The smallest absolute Gasteiger partial charge is 0.335 e. The molecule has 3 rings (SSSR count). The maximum absolute atomic E-state index is 10.3. The number of carboxylic acids is 6. The molecule has 0 saturated heterocycles. The fourth-order valence-corrected chi connectivity index (χ4v) is 2.27. The zero-order valence-corrected chi connectivity index (χ0v) is 21.4. The molecule has 0 fully saturated rings. The van der Waals surface area contributed by atoms with Crippen molar-refractivity contribution in [2.24, 2.45) is 0 Å². The minimum Gasteiger partial charge on any atom is -0.478 e. The van der Waals surface area contributed by atoms with Gasteiger partial charge in [0.15, 0.2) is 0 Å². The summed E-state index contributed by atoms with van der Waals surface area (Å²) in [6.07, 6.45) is 0. The molecule has 3 aromatic rings. The molecule has 0 heterocycles. The molecular formula is C24H18Cr2O12. The molecule has 12 nitrogen and oxygen atoms in total. The van der Waals surface area contributed by atoms with Gasteiger partial charge in [-0.2, -0.15) is 0 Å². The second-order valence-corrected chi connectivity index (χ2v) is 6.56. The fraction of sp³-hybridized carbons (Fsp3) is 0. The third kappa shape index (κ3) is 12.0. The quantitative estimate of drug-likeness (QED) is 0.239. The minimum atomic E-state index is -1.06. The van der Waals surface area contributed by atoms with Crippen molar-refractivity contribution >= 4 is 35.8 Å². The van der Waals surface area contributed by atoms with Crippen LogP contribution in [-0.4, -0.2) is 66.5 Å². The molecule has 0 aliphatic carbocycles. The maximum atomic E-state index is 10.3. The Balaban J connectivity index is 0. The van der Waals surface area contributed by atoms with E-state index in [1.165, 1.54) is 72.8 Å². The predicted octanol–water partition coefficient (Wildman–Crippen LogP) is 3.24. The molecule has 0 aliphatic rings. The Labute approximate surface area is 235 Å². The number of aromatic carboxylic acids is 6. The molecule has 0 radical (unpaired) electrons. The zero-order valence-electron chi connectivity index (χ0n) is 18.9. The van der Waals surface area contributed by atoms with Crippen LogP contribution >= 0.6 is 0 Å². The summed E-state index contributed by atoms with van der Waals surface area (Å²) in [7, 11) is 0. The van der Waals surface area contributed by atoms with Crippen molar-refractivity contribution in [3.05, 3.63) is 106 Å². The van der Waals surface area contributed by atoms with Crippen molar-refractivity contribution in [3.63, 3.8) is 0 Å². The summed E-state index contributed by atoms with van der Waals surface area (Å²) < 4.78 is 0. The Morgan fingerprint density at radius 1 is 0.289 bits per heavy atom. The summed E-state index contributed by atoms with van der Waals surface area (Å²) in [6.45, 7) is 0. The number of hydrogen-bond donors (Lipinski definition) is 6. The normalized spacial score (nSPS) is 8.84. The molecule has 6 N–H and O–H groups in total. The molecule has 0 spiro atoms. The topological polar surface area (TPSA) is 224 Å². The molecule has 3 aromatic carbocycles. The van der Waals surface area contributed by atoms with Crippen LogP contribution in [0.4, 0.5) is 0 Å². The van der Waals surface area contributed by atoms with Crippen LogP contribution in [0.25, 0.3) is 0 Å². The van der Waals surface area contributed by atoms with Crippen LogP contribution in [0.1, 0.15) is 62.1 Å². The van der Waals surface area contributed by atoms with Crippen LogP contribution in [0, 0.1) is 0 Å². The van der Waals surface area contributed by atoms with Gasteiger partial charge in [-0.25, -0.2) is 28.8 Å². The van der Waals surface area contributed by atoms with Gasteiger partial charge in [0.05, 0.1) is 33.4 Å². The first-order valence-corrected chi connectivity index (χ1v) is 9.53. The molecule has 0 aliphatic heterocycles. The van der Waals surface area contributed by atoms with E-state index in [1.807, 2.05) is 0 Å². The van der Waals surface area contributed by atoms with E-state index in [1.54, 1.807) is 0 Å². The van der Waals surface area contributed by atoms with Gasteiger partial charge in [-0.05, 0) is 72.8 Å².